The summed E-state index contributed by atoms with van der Waals surface area (Å²) >= 11 is 0. The van der Waals surface area contributed by atoms with Crippen LogP contribution in [0.25, 0.3) is 0 Å². The van der Waals surface area contributed by atoms with E-state index in [0.29, 0.717) is 12.0 Å². The molecule has 3 rings (SSSR count). The summed E-state index contributed by atoms with van der Waals surface area (Å²) in [5.74, 6) is 1.58. The Morgan fingerprint density at radius 2 is 1.94 bits per heavy atom. The molecule has 0 bridgehead atoms. The number of rotatable bonds is 1. The zero-order chi connectivity index (χ0) is 11.3. The van der Waals surface area contributed by atoms with Crippen LogP contribution in [0.5, 0.6) is 0 Å². The zero-order valence-corrected chi connectivity index (χ0v) is 10.5. The first-order valence-corrected chi connectivity index (χ1v) is 6.51. The molecular weight excluding hydrogens is 194 g/mol. The lowest BCUT2D eigenvalue weighted by Crippen LogP contribution is -2.34. The molecule has 1 aromatic carbocycles. The van der Waals surface area contributed by atoms with E-state index in [1.807, 2.05) is 0 Å². The number of hydrogen-bond donors (Lipinski definition) is 1. The van der Waals surface area contributed by atoms with Crippen LogP contribution in [-0.2, 0) is 0 Å². The van der Waals surface area contributed by atoms with Gasteiger partial charge in [0.1, 0.15) is 0 Å². The minimum atomic E-state index is 0.645. The number of fused-ring (bicyclic) bond motifs is 1. The number of hydrogen-bond acceptors (Lipinski definition) is 1. The van der Waals surface area contributed by atoms with Crippen molar-refractivity contribution in [2.45, 2.75) is 45.6 Å². The van der Waals surface area contributed by atoms with Crippen molar-refractivity contribution in [2.75, 3.05) is 6.54 Å². The van der Waals surface area contributed by atoms with Crippen molar-refractivity contribution in [1.29, 1.82) is 0 Å². The molecule has 0 saturated heterocycles. The summed E-state index contributed by atoms with van der Waals surface area (Å²) in [5, 5.41) is 3.75. The van der Waals surface area contributed by atoms with Gasteiger partial charge in [0.25, 0.3) is 0 Å². The molecule has 1 aromatic rings. The monoisotopic (exact) mass is 215 g/mol. The maximum Gasteiger partial charge on any atom is 0.0354 e. The molecule has 0 radical (unpaired) electrons. The van der Waals surface area contributed by atoms with E-state index in [1.165, 1.54) is 24.0 Å². The van der Waals surface area contributed by atoms with Crippen molar-refractivity contribution < 1.29 is 0 Å². The molecule has 1 fully saturated rings. The Morgan fingerprint density at radius 3 is 2.62 bits per heavy atom. The molecule has 16 heavy (non-hydrogen) atoms. The third kappa shape index (κ3) is 1.58. The van der Waals surface area contributed by atoms with E-state index >= 15 is 0 Å². The van der Waals surface area contributed by atoms with Gasteiger partial charge in [0, 0.05) is 12.6 Å². The highest BCUT2D eigenvalue weighted by molar-refractivity contribution is 5.44. The molecule has 86 valence electrons. The Kier molecular flexibility index (Phi) is 2.32. The van der Waals surface area contributed by atoms with E-state index in [1.54, 1.807) is 11.1 Å². The second-order valence-corrected chi connectivity index (χ2v) is 5.71. The van der Waals surface area contributed by atoms with Gasteiger partial charge in [0.2, 0.25) is 0 Å². The van der Waals surface area contributed by atoms with Crippen molar-refractivity contribution in [3.05, 3.63) is 34.4 Å². The maximum absolute atomic E-state index is 3.75. The van der Waals surface area contributed by atoms with Crippen LogP contribution in [0.15, 0.2) is 12.1 Å². The second kappa shape index (κ2) is 3.59. The number of aryl methyl sites for hydroxylation is 2. The van der Waals surface area contributed by atoms with E-state index in [-0.39, 0.29) is 0 Å². The van der Waals surface area contributed by atoms with E-state index < -0.39 is 0 Å². The lowest BCUT2D eigenvalue weighted by atomic mass is 9.82. The predicted octanol–water partition coefficient (Wildman–Crippen LogP) is 3.46. The molecule has 1 heterocycles. The summed E-state index contributed by atoms with van der Waals surface area (Å²) in [6, 6.07) is 5.39. The quantitative estimate of drug-likeness (QED) is 0.756. The smallest absolute Gasteiger partial charge is 0.0354 e. The topological polar surface area (TPSA) is 12.0 Å². The summed E-state index contributed by atoms with van der Waals surface area (Å²) in [6.45, 7) is 7.99. The molecule has 1 saturated carbocycles. The van der Waals surface area contributed by atoms with Gasteiger partial charge >= 0.3 is 0 Å². The first-order chi connectivity index (χ1) is 7.66. The standard InChI is InChI=1S/C15H21N/c1-9-6-10(2)14-13(7-9)11(3)8-16-15(14)12-4-5-12/h6-7,11-12,15-16H,4-5,8H2,1-3H3. The molecule has 0 amide bonds. The first kappa shape index (κ1) is 10.3. The van der Waals surface area contributed by atoms with Gasteiger partial charge in [-0.3, -0.25) is 0 Å². The molecule has 2 unspecified atom stereocenters. The van der Waals surface area contributed by atoms with Crippen LogP contribution in [0.2, 0.25) is 0 Å². The summed E-state index contributed by atoms with van der Waals surface area (Å²) < 4.78 is 0. The fourth-order valence-corrected chi connectivity index (χ4v) is 3.19. The molecule has 1 aliphatic carbocycles. The van der Waals surface area contributed by atoms with Gasteiger partial charge in [-0.2, -0.15) is 0 Å². The fraction of sp³-hybridized carbons (Fsp3) is 0.600. The lowest BCUT2D eigenvalue weighted by molar-refractivity contribution is 0.427. The van der Waals surface area contributed by atoms with Crippen LogP contribution in [0, 0.1) is 19.8 Å². The molecule has 0 spiro atoms. The fourth-order valence-electron chi connectivity index (χ4n) is 3.19. The average molecular weight is 215 g/mol. The van der Waals surface area contributed by atoms with Gasteiger partial charge in [0.15, 0.2) is 0 Å². The Bertz CT molecular complexity index is 418. The van der Waals surface area contributed by atoms with E-state index in [9.17, 15) is 0 Å². The molecule has 0 aromatic heterocycles. The third-order valence-electron chi connectivity index (χ3n) is 4.14. The van der Waals surface area contributed by atoms with Crippen molar-refractivity contribution in [2.24, 2.45) is 5.92 Å². The largest absolute Gasteiger partial charge is 0.309 e. The Labute approximate surface area is 98.3 Å². The molecular formula is C15H21N. The van der Waals surface area contributed by atoms with Gasteiger partial charge < -0.3 is 5.32 Å². The molecule has 1 nitrogen and oxygen atoms in total. The van der Waals surface area contributed by atoms with Gasteiger partial charge in [-0.1, -0.05) is 24.6 Å². The van der Waals surface area contributed by atoms with Crippen LogP contribution in [0.3, 0.4) is 0 Å². The summed E-state index contributed by atoms with van der Waals surface area (Å²) in [5.41, 5.74) is 6.13. The van der Waals surface area contributed by atoms with Crippen LogP contribution in [0.4, 0.5) is 0 Å². The predicted molar refractivity (Wildman–Crippen MR) is 67.8 cm³/mol. The van der Waals surface area contributed by atoms with Crippen molar-refractivity contribution in [1.82, 2.24) is 5.32 Å². The molecule has 1 N–H and O–H groups in total. The average Bonchev–Trinajstić information content (AvgIpc) is 3.03. The minimum Gasteiger partial charge on any atom is -0.309 e. The normalized spacial score (nSPS) is 28.9. The molecule has 2 aliphatic rings. The van der Waals surface area contributed by atoms with Crippen molar-refractivity contribution in [3.8, 4) is 0 Å². The lowest BCUT2D eigenvalue weighted by Gasteiger charge is -2.33. The number of nitrogens with one attached hydrogen (secondary N) is 1. The van der Waals surface area contributed by atoms with Crippen LogP contribution in [0.1, 0.15) is 54.0 Å². The summed E-state index contributed by atoms with van der Waals surface area (Å²) in [4.78, 5) is 0. The summed E-state index contributed by atoms with van der Waals surface area (Å²) in [7, 11) is 0. The minimum absolute atomic E-state index is 0.645. The third-order valence-corrected chi connectivity index (χ3v) is 4.14. The van der Waals surface area contributed by atoms with Gasteiger partial charge in [-0.05, 0) is 55.2 Å². The highest BCUT2D eigenvalue weighted by Gasteiger charge is 2.37. The first-order valence-electron chi connectivity index (χ1n) is 6.51. The van der Waals surface area contributed by atoms with Crippen LogP contribution >= 0.6 is 0 Å². The Morgan fingerprint density at radius 1 is 1.19 bits per heavy atom. The highest BCUT2D eigenvalue weighted by Crippen LogP contribution is 2.46. The van der Waals surface area contributed by atoms with Gasteiger partial charge in [-0.15, -0.1) is 0 Å². The van der Waals surface area contributed by atoms with E-state index in [4.69, 9.17) is 0 Å². The van der Waals surface area contributed by atoms with Crippen molar-refractivity contribution >= 4 is 0 Å². The van der Waals surface area contributed by atoms with Gasteiger partial charge in [-0.25, -0.2) is 0 Å². The number of benzene rings is 1. The van der Waals surface area contributed by atoms with E-state index in [0.717, 1.165) is 12.5 Å². The zero-order valence-electron chi connectivity index (χ0n) is 10.5. The second-order valence-electron chi connectivity index (χ2n) is 5.71. The van der Waals surface area contributed by atoms with E-state index in [2.05, 4.69) is 38.2 Å². The summed E-state index contributed by atoms with van der Waals surface area (Å²) in [6.07, 6.45) is 2.83. The van der Waals surface area contributed by atoms with Crippen LogP contribution in [-0.4, -0.2) is 6.54 Å². The SMILES string of the molecule is Cc1cc(C)c2c(c1)C(C)CNC2C1CC1. The molecule has 1 aliphatic heterocycles. The molecule has 2 atom stereocenters. The maximum atomic E-state index is 3.75. The Balaban J connectivity index is 2.12. The molecule has 1 heteroatoms. The Hall–Kier alpha value is -0.820. The van der Waals surface area contributed by atoms with Crippen molar-refractivity contribution in [3.63, 3.8) is 0 Å². The van der Waals surface area contributed by atoms with Gasteiger partial charge in [0.05, 0.1) is 0 Å². The van der Waals surface area contributed by atoms with Crippen LogP contribution < -0.4 is 5.32 Å². The highest BCUT2D eigenvalue weighted by atomic mass is 14.9.